The van der Waals surface area contributed by atoms with E-state index in [-0.39, 0.29) is 0 Å². The Morgan fingerprint density at radius 2 is 2.25 bits per heavy atom. The molecular weight excluding hydrogens is 254 g/mol. The lowest BCUT2D eigenvalue weighted by Gasteiger charge is -2.47. The van der Waals surface area contributed by atoms with Crippen LogP contribution in [0.4, 0.5) is 0 Å². The second-order valence-electron chi connectivity index (χ2n) is 6.35. The van der Waals surface area contributed by atoms with E-state index in [4.69, 9.17) is 0 Å². The van der Waals surface area contributed by atoms with E-state index in [0.717, 1.165) is 57.7 Å². The van der Waals surface area contributed by atoms with Gasteiger partial charge in [-0.1, -0.05) is 19.8 Å². The number of hydrogen-bond acceptors (Lipinski definition) is 5. The molecular formula is C14H25N5O. The van der Waals surface area contributed by atoms with E-state index in [1.807, 2.05) is 4.68 Å². The molecule has 0 amide bonds. The van der Waals surface area contributed by atoms with Gasteiger partial charge < -0.3 is 5.11 Å². The highest BCUT2D eigenvalue weighted by atomic mass is 16.3. The lowest BCUT2D eigenvalue weighted by Crippen LogP contribution is -2.53. The van der Waals surface area contributed by atoms with Crippen LogP contribution in [-0.2, 0) is 13.1 Å². The number of tetrazole rings is 1. The van der Waals surface area contributed by atoms with Crippen molar-refractivity contribution in [2.45, 2.75) is 64.1 Å². The molecule has 2 fully saturated rings. The molecule has 1 aromatic rings. The average molecular weight is 279 g/mol. The summed E-state index contributed by atoms with van der Waals surface area (Å²) < 4.78 is 1.90. The predicted octanol–water partition coefficient (Wildman–Crippen LogP) is 1.21. The third-order valence-corrected chi connectivity index (χ3v) is 4.92. The first-order valence-electron chi connectivity index (χ1n) is 7.91. The van der Waals surface area contributed by atoms with E-state index in [0.29, 0.717) is 5.92 Å². The smallest absolute Gasteiger partial charge is 0.165 e. The number of aliphatic hydroxyl groups is 1. The lowest BCUT2D eigenvalue weighted by atomic mass is 9.71. The van der Waals surface area contributed by atoms with Gasteiger partial charge in [0.2, 0.25) is 0 Å². The van der Waals surface area contributed by atoms with Crippen LogP contribution in [0, 0.1) is 5.92 Å². The Bertz CT molecular complexity index is 449. The van der Waals surface area contributed by atoms with E-state index in [9.17, 15) is 5.11 Å². The number of likely N-dealkylation sites (tertiary alicyclic amines) is 1. The Hall–Kier alpha value is -1.01. The number of rotatable bonds is 4. The third-order valence-electron chi connectivity index (χ3n) is 4.92. The fraction of sp³-hybridized carbons (Fsp3) is 0.929. The Labute approximate surface area is 120 Å². The summed E-state index contributed by atoms with van der Waals surface area (Å²) in [7, 11) is 0. The normalized spacial score (nSPS) is 31.2. The van der Waals surface area contributed by atoms with Gasteiger partial charge >= 0.3 is 0 Å². The molecule has 0 radical (unpaired) electrons. The van der Waals surface area contributed by atoms with Gasteiger partial charge in [-0.25, -0.2) is 4.68 Å². The van der Waals surface area contributed by atoms with Crippen LogP contribution in [0.15, 0.2) is 0 Å². The van der Waals surface area contributed by atoms with E-state index in [2.05, 4.69) is 27.3 Å². The SMILES string of the molecule is CCCn1nnnc1CN1CCC2(O)CCCCC2C1. The number of nitrogens with zero attached hydrogens (tertiary/aromatic N) is 5. The topological polar surface area (TPSA) is 67.1 Å². The van der Waals surface area contributed by atoms with Crippen molar-refractivity contribution in [3.8, 4) is 0 Å². The molecule has 6 heteroatoms. The molecule has 0 bridgehead atoms. The van der Waals surface area contributed by atoms with Gasteiger partial charge in [0.1, 0.15) is 0 Å². The fourth-order valence-electron chi connectivity index (χ4n) is 3.71. The van der Waals surface area contributed by atoms with Gasteiger partial charge in [0.05, 0.1) is 12.1 Å². The van der Waals surface area contributed by atoms with Crippen LogP contribution in [-0.4, -0.2) is 48.9 Å². The van der Waals surface area contributed by atoms with Gasteiger partial charge in [0, 0.05) is 25.6 Å². The van der Waals surface area contributed by atoms with Crippen LogP contribution in [0.5, 0.6) is 0 Å². The maximum absolute atomic E-state index is 10.7. The number of hydrogen-bond donors (Lipinski definition) is 1. The first-order valence-corrected chi connectivity index (χ1v) is 7.91. The number of piperidine rings is 1. The van der Waals surface area contributed by atoms with Crippen molar-refractivity contribution in [2.75, 3.05) is 13.1 Å². The summed E-state index contributed by atoms with van der Waals surface area (Å²) in [6, 6.07) is 0. The summed E-state index contributed by atoms with van der Waals surface area (Å²) in [5.41, 5.74) is -0.399. The van der Waals surface area contributed by atoms with E-state index < -0.39 is 5.60 Å². The number of fused-ring (bicyclic) bond motifs is 1. The van der Waals surface area contributed by atoms with Crippen LogP contribution in [0.3, 0.4) is 0 Å². The highest BCUT2D eigenvalue weighted by molar-refractivity contribution is 4.96. The molecule has 0 spiro atoms. The lowest BCUT2D eigenvalue weighted by molar-refractivity contribution is -0.0972. The Balaban J connectivity index is 1.63. The largest absolute Gasteiger partial charge is 0.390 e. The van der Waals surface area contributed by atoms with Gasteiger partial charge in [-0.3, -0.25) is 4.90 Å². The summed E-state index contributed by atoms with van der Waals surface area (Å²) >= 11 is 0. The van der Waals surface area contributed by atoms with Crippen molar-refractivity contribution in [1.82, 2.24) is 25.1 Å². The highest BCUT2D eigenvalue weighted by Gasteiger charge is 2.42. The summed E-state index contributed by atoms with van der Waals surface area (Å²) in [6.45, 7) is 5.75. The highest BCUT2D eigenvalue weighted by Crippen LogP contribution is 2.39. The van der Waals surface area contributed by atoms with Crippen molar-refractivity contribution in [1.29, 1.82) is 0 Å². The molecule has 1 aromatic heterocycles. The zero-order chi connectivity index (χ0) is 14.0. The fourth-order valence-corrected chi connectivity index (χ4v) is 3.71. The second-order valence-corrected chi connectivity index (χ2v) is 6.35. The molecule has 2 aliphatic rings. The molecule has 6 nitrogen and oxygen atoms in total. The van der Waals surface area contributed by atoms with Gasteiger partial charge in [-0.15, -0.1) is 5.10 Å². The second kappa shape index (κ2) is 5.77. The van der Waals surface area contributed by atoms with Crippen molar-refractivity contribution < 1.29 is 5.11 Å². The first kappa shape index (κ1) is 13.9. The summed E-state index contributed by atoms with van der Waals surface area (Å²) in [5.74, 6) is 1.38. The molecule has 1 saturated carbocycles. The third kappa shape index (κ3) is 2.72. The molecule has 2 heterocycles. The van der Waals surface area contributed by atoms with E-state index in [1.54, 1.807) is 0 Å². The zero-order valence-electron chi connectivity index (χ0n) is 12.3. The molecule has 20 heavy (non-hydrogen) atoms. The van der Waals surface area contributed by atoms with Crippen LogP contribution < -0.4 is 0 Å². The first-order chi connectivity index (χ1) is 9.71. The molecule has 0 aromatic carbocycles. The molecule has 2 atom stereocenters. The minimum Gasteiger partial charge on any atom is -0.390 e. The standard InChI is InChI=1S/C14H25N5O/c1-2-8-19-13(15-16-17-19)11-18-9-7-14(20)6-4-3-5-12(14)10-18/h12,20H,2-11H2,1H3. The Kier molecular flexibility index (Phi) is 4.03. The van der Waals surface area contributed by atoms with Crippen molar-refractivity contribution in [2.24, 2.45) is 5.92 Å². The van der Waals surface area contributed by atoms with Gasteiger partial charge in [-0.2, -0.15) is 0 Å². The minimum atomic E-state index is -0.399. The molecule has 112 valence electrons. The predicted molar refractivity (Wildman–Crippen MR) is 74.9 cm³/mol. The van der Waals surface area contributed by atoms with Crippen LogP contribution in [0.1, 0.15) is 51.3 Å². The Morgan fingerprint density at radius 3 is 3.10 bits per heavy atom. The van der Waals surface area contributed by atoms with Crippen LogP contribution in [0.2, 0.25) is 0 Å². The minimum absolute atomic E-state index is 0.399. The van der Waals surface area contributed by atoms with E-state index in [1.165, 1.54) is 12.8 Å². The maximum Gasteiger partial charge on any atom is 0.165 e. The van der Waals surface area contributed by atoms with Crippen LogP contribution >= 0.6 is 0 Å². The maximum atomic E-state index is 10.7. The van der Waals surface area contributed by atoms with Gasteiger partial charge in [0.25, 0.3) is 0 Å². The van der Waals surface area contributed by atoms with Crippen molar-refractivity contribution >= 4 is 0 Å². The Morgan fingerprint density at radius 1 is 1.35 bits per heavy atom. The number of aromatic nitrogens is 4. The zero-order valence-corrected chi connectivity index (χ0v) is 12.3. The van der Waals surface area contributed by atoms with Gasteiger partial charge in [0.15, 0.2) is 5.82 Å². The van der Waals surface area contributed by atoms with Crippen molar-refractivity contribution in [3.05, 3.63) is 5.82 Å². The quantitative estimate of drug-likeness (QED) is 0.897. The molecule has 1 aliphatic heterocycles. The summed E-state index contributed by atoms with van der Waals surface area (Å²) in [6.07, 6.45) is 6.52. The van der Waals surface area contributed by atoms with Gasteiger partial charge in [-0.05, 0) is 36.1 Å². The average Bonchev–Trinajstić information content (AvgIpc) is 2.87. The summed E-state index contributed by atoms with van der Waals surface area (Å²) in [5, 5.41) is 22.7. The van der Waals surface area contributed by atoms with Crippen molar-refractivity contribution in [3.63, 3.8) is 0 Å². The number of aryl methyl sites for hydroxylation is 1. The molecule has 3 rings (SSSR count). The van der Waals surface area contributed by atoms with E-state index >= 15 is 0 Å². The van der Waals surface area contributed by atoms with Crippen LogP contribution in [0.25, 0.3) is 0 Å². The monoisotopic (exact) mass is 279 g/mol. The summed E-state index contributed by atoms with van der Waals surface area (Å²) in [4.78, 5) is 2.41. The molecule has 1 aliphatic carbocycles. The molecule has 2 unspecified atom stereocenters. The molecule has 1 N–H and O–H groups in total. The molecule has 1 saturated heterocycles.